The van der Waals surface area contributed by atoms with Crippen molar-refractivity contribution in [2.75, 3.05) is 19.7 Å². The van der Waals surface area contributed by atoms with Crippen LogP contribution in [-0.4, -0.2) is 62.9 Å². The number of aromatic nitrogens is 2. The van der Waals surface area contributed by atoms with Crippen molar-refractivity contribution in [2.45, 2.75) is 31.0 Å². The van der Waals surface area contributed by atoms with Gasteiger partial charge in [0.25, 0.3) is 5.91 Å². The predicted octanol–water partition coefficient (Wildman–Crippen LogP) is 2.09. The minimum absolute atomic E-state index is 0.0635. The first-order valence-corrected chi connectivity index (χ1v) is 9.53. The topological polar surface area (TPSA) is 67.7 Å². The molecule has 140 valence electrons. The quantitative estimate of drug-likeness (QED) is 0.792. The van der Waals surface area contributed by atoms with Crippen LogP contribution in [-0.2, 0) is 9.53 Å². The van der Waals surface area contributed by atoms with Gasteiger partial charge in [0.2, 0.25) is 5.91 Å². The maximum absolute atomic E-state index is 13.3. The van der Waals surface area contributed by atoms with Crippen molar-refractivity contribution >= 4 is 23.4 Å². The molecule has 3 saturated heterocycles. The molecule has 4 heterocycles. The highest BCUT2D eigenvalue weighted by molar-refractivity contribution is 6.34. The molecule has 0 unspecified atom stereocenters. The molecule has 1 aromatic heterocycles. The summed E-state index contributed by atoms with van der Waals surface area (Å²) in [7, 11) is 0. The fraction of sp³-hybridized carbons (Fsp3) is 0.421. The SMILES string of the molecule is O=C(c1cc(-n2cccn2)ccc1Cl)N1CC[C@@]23OCCCN2C(=O)C[C@@H]13. The molecule has 0 radical (unpaired) electrons. The van der Waals surface area contributed by atoms with Gasteiger partial charge in [-0.2, -0.15) is 5.10 Å². The average molecular weight is 387 g/mol. The number of carbonyl (C=O) groups excluding carboxylic acids is 2. The van der Waals surface area contributed by atoms with E-state index in [1.807, 2.05) is 23.2 Å². The number of halogens is 1. The van der Waals surface area contributed by atoms with Gasteiger partial charge in [-0.1, -0.05) is 11.6 Å². The molecule has 0 aliphatic carbocycles. The number of ether oxygens (including phenoxy) is 1. The monoisotopic (exact) mass is 386 g/mol. The van der Waals surface area contributed by atoms with Gasteiger partial charge >= 0.3 is 0 Å². The third-order valence-electron chi connectivity index (χ3n) is 5.82. The van der Waals surface area contributed by atoms with Crippen LogP contribution < -0.4 is 0 Å². The van der Waals surface area contributed by atoms with Gasteiger partial charge in [-0.15, -0.1) is 0 Å². The van der Waals surface area contributed by atoms with Gasteiger partial charge in [0.1, 0.15) is 0 Å². The number of carbonyl (C=O) groups is 2. The molecular formula is C19H19ClN4O3. The number of nitrogens with zero attached hydrogens (tertiary/aromatic N) is 4. The van der Waals surface area contributed by atoms with Gasteiger partial charge in [0.05, 0.1) is 35.3 Å². The lowest BCUT2D eigenvalue weighted by Gasteiger charge is -2.42. The lowest BCUT2D eigenvalue weighted by molar-refractivity contribution is -0.179. The summed E-state index contributed by atoms with van der Waals surface area (Å²) < 4.78 is 7.76. The Bertz CT molecular complexity index is 916. The minimum atomic E-state index is -0.656. The first kappa shape index (κ1) is 16.8. The van der Waals surface area contributed by atoms with E-state index in [4.69, 9.17) is 16.3 Å². The van der Waals surface area contributed by atoms with Crippen LogP contribution in [0.5, 0.6) is 0 Å². The number of likely N-dealkylation sites (tertiary alicyclic amines) is 1. The maximum Gasteiger partial charge on any atom is 0.255 e. The molecule has 2 amide bonds. The van der Waals surface area contributed by atoms with Gasteiger partial charge in [-0.3, -0.25) is 9.59 Å². The number of benzene rings is 1. The predicted molar refractivity (Wildman–Crippen MR) is 97.6 cm³/mol. The van der Waals surface area contributed by atoms with Crippen LogP contribution in [0.25, 0.3) is 5.69 Å². The molecule has 5 rings (SSSR count). The van der Waals surface area contributed by atoms with Crippen LogP contribution in [0.2, 0.25) is 5.02 Å². The Labute approximate surface area is 161 Å². The zero-order valence-electron chi connectivity index (χ0n) is 14.7. The number of hydrogen-bond acceptors (Lipinski definition) is 4. The molecule has 0 N–H and O–H groups in total. The van der Waals surface area contributed by atoms with E-state index in [0.717, 1.165) is 12.1 Å². The van der Waals surface area contributed by atoms with Gasteiger partial charge in [-0.05, 0) is 30.7 Å². The van der Waals surface area contributed by atoms with E-state index in [1.165, 1.54) is 0 Å². The fourth-order valence-electron chi connectivity index (χ4n) is 4.59. The normalized spacial score (nSPS) is 27.0. The second kappa shape index (κ2) is 6.07. The van der Waals surface area contributed by atoms with Crippen LogP contribution in [0.3, 0.4) is 0 Å². The fourth-order valence-corrected chi connectivity index (χ4v) is 4.79. The minimum Gasteiger partial charge on any atom is -0.353 e. The van der Waals surface area contributed by atoms with Gasteiger partial charge in [-0.25, -0.2) is 4.68 Å². The molecule has 2 aromatic rings. The molecule has 1 aromatic carbocycles. The molecule has 1 spiro atoms. The first-order chi connectivity index (χ1) is 13.1. The molecule has 3 aliphatic rings. The number of hydrogen-bond donors (Lipinski definition) is 0. The lowest BCUT2D eigenvalue weighted by Crippen LogP contribution is -2.56. The summed E-state index contributed by atoms with van der Waals surface area (Å²) in [5.74, 6) is -0.103. The van der Waals surface area contributed by atoms with Crippen LogP contribution >= 0.6 is 11.6 Å². The zero-order chi connectivity index (χ0) is 18.6. The van der Waals surface area contributed by atoms with Crippen LogP contribution in [0, 0.1) is 0 Å². The largest absolute Gasteiger partial charge is 0.353 e. The van der Waals surface area contributed by atoms with Gasteiger partial charge in [0, 0.05) is 31.9 Å². The van der Waals surface area contributed by atoms with Crippen LogP contribution in [0.15, 0.2) is 36.7 Å². The van der Waals surface area contributed by atoms with E-state index in [9.17, 15) is 9.59 Å². The van der Waals surface area contributed by atoms with Gasteiger partial charge in [0.15, 0.2) is 5.72 Å². The highest BCUT2D eigenvalue weighted by atomic mass is 35.5. The van der Waals surface area contributed by atoms with Crippen molar-refractivity contribution in [2.24, 2.45) is 0 Å². The Morgan fingerprint density at radius 1 is 1.33 bits per heavy atom. The molecule has 27 heavy (non-hydrogen) atoms. The van der Waals surface area contributed by atoms with Gasteiger partial charge < -0.3 is 14.5 Å². The van der Waals surface area contributed by atoms with E-state index < -0.39 is 5.72 Å². The van der Waals surface area contributed by atoms with Crippen molar-refractivity contribution in [3.05, 3.63) is 47.2 Å². The highest BCUT2D eigenvalue weighted by Crippen LogP contribution is 2.45. The maximum atomic E-state index is 13.3. The molecule has 2 atom stereocenters. The number of rotatable bonds is 2. The molecular weight excluding hydrogens is 368 g/mol. The Hall–Kier alpha value is -2.38. The second-order valence-electron chi connectivity index (χ2n) is 7.18. The number of amides is 2. The lowest BCUT2D eigenvalue weighted by atomic mass is 10.0. The average Bonchev–Trinajstić information content (AvgIpc) is 3.37. The van der Waals surface area contributed by atoms with Crippen molar-refractivity contribution in [3.8, 4) is 5.69 Å². The van der Waals surface area contributed by atoms with E-state index in [1.54, 1.807) is 27.9 Å². The summed E-state index contributed by atoms with van der Waals surface area (Å²) in [6, 6.07) is 6.84. The smallest absolute Gasteiger partial charge is 0.255 e. The Balaban J connectivity index is 1.49. The van der Waals surface area contributed by atoms with Crippen molar-refractivity contribution in [3.63, 3.8) is 0 Å². The summed E-state index contributed by atoms with van der Waals surface area (Å²) in [4.78, 5) is 29.4. The summed E-state index contributed by atoms with van der Waals surface area (Å²) in [6.07, 6.45) is 5.28. The van der Waals surface area contributed by atoms with E-state index in [2.05, 4.69) is 5.10 Å². The van der Waals surface area contributed by atoms with Crippen molar-refractivity contribution in [1.29, 1.82) is 0 Å². The summed E-state index contributed by atoms with van der Waals surface area (Å²) in [6.45, 7) is 1.88. The third kappa shape index (κ3) is 2.41. The first-order valence-electron chi connectivity index (χ1n) is 9.15. The summed E-state index contributed by atoms with van der Waals surface area (Å²) in [5, 5.41) is 4.60. The Kier molecular flexibility index (Phi) is 3.77. The Morgan fingerprint density at radius 2 is 2.22 bits per heavy atom. The molecule has 3 fully saturated rings. The second-order valence-corrected chi connectivity index (χ2v) is 7.58. The van der Waals surface area contributed by atoms with E-state index in [-0.39, 0.29) is 17.9 Å². The Morgan fingerprint density at radius 3 is 3.04 bits per heavy atom. The standard InChI is InChI=1S/C19H19ClN4O3/c20-15-4-3-13(24-8-1-6-21-24)11-14(15)18(26)22-9-5-19-16(22)12-17(25)23(19)7-2-10-27-19/h1,3-4,6,8,11,16H,2,5,7,9-10,12H2/t16-,19+/m1/s1. The molecule has 3 aliphatic heterocycles. The van der Waals surface area contributed by atoms with Crippen molar-refractivity contribution < 1.29 is 14.3 Å². The third-order valence-corrected chi connectivity index (χ3v) is 6.15. The highest BCUT2D eigenvalue weighted by Gasteiger charge is 2.61. The summed E-state index contributed by atoms with van der Waals surface area (Å²) >= 11 is 6.35. The van der Waals surface area contributed by atoms with E-state index >= 15 is 0 Å². The molecule has 8 heteroatoms. The van der Waals surface area contributed by atoms with Crippen LogP contribution in [0.1, 0.15) is 29.6 Å². The molecule has 0 bridgehead atoms. The van der Waals surface area contributed by atoms with Crippen molar-refractivity contribution in [1.82, 2.24) is 19.6 Å². The zero-order valence-corrected chi connectivity index (χ0v) is 15.4. The van der Waals surface area contributed by atoms with Crippen LogP contribution in [0.4, 0.5) is 0 Å². The molecule has 0 saturated carbocycles. The van der Waals surface area contributed by atoms with E-state index in [0.29, 0.717) is 43.1 Å². The molecule has 7 nitrogen and oxygen atoms in total. The summed E-state index contributed by atoms with van der Waals surface area (Å²) in [5.41, 5.74) is 0.528.